The average molecular weight is 312 g/mol. The summed E-state index contributed by atoms with van der Waals surface area (Å²) in [6.45, 7) is 4.66. The van der Waals surface area contributed by atoms with Crippen LogP contribution in [0.2, 0.25) is 0 Å². The van der Waals surface area contributed by atoms with Crippen molar-refractivity contribution in [2.75, 3.05) is 12.4 Å². The highest BCUT2D eigenvalue weighted by Gasteiger charge is 2.09. The van der Waals surface area contributed by atoms with Crippen molar-refractivity contribution >= 4 is 11.7 Å². The molecule has 0 aliphatic carbocycles. The lowest BCUT2D eigenvalue weighted by Crippen LogP contribution is -2.29. The van der Waals surface area contributed by atoms with Gasteiger partial charge in [-0.3, -0.25) is 0 Å². The molecular weight excluding hydrogens is 288 g/mol. The first kappa shape index (κ1) is 16.9. The fourth-order valence-corrected chi connectivity index (χ4v) is 2.49. The van der Waals surface area contributed by atoms with E-state index in [9.17, 15) is 4.79 Å². The van der Waals surface area contributed by atoms with Crippen LogP contribution >= 0.6 is 0 Å². The number of rotatable bonds is 6. The molecule has 0 saturated heterocycles. The third-order valence-electron chi connectivity index (χ3n) is 3.85. The highest BCUT2D eigenvalue weighted by molar-refractivity contribution is 5.91. The van der Waals surface area contributed by atoms with Gasteiger partial charge in [0.1, 0.15) is 5.75 Å². The number of para-hydroxylation sites is 1. The molecule has 0 fully saturated rings. The van der Waals surface area contributed by atoms with E-state index in [0.29, 0.717) is 6.54 Å². The molecule has 0 atom stereocenters. The summed E-state index contributed by atoms with van der Waals surface area (Å²) in [6, 6.07) is 13.6. The van der Waals surface area contributed by atoms with Crippen molar-refractivity contribution in [3.05, 3.63) is 59.2 Å². The molecule has 0 heterocycles. The Kier molecular flexibility index (Phi) is 6.03. The summed E-state index contributed by atoms with van der Waals surface area (Å²) in [5.74, 6) is 0.808. The molecule has 4 nitrogen and oxygen atoms in total. The second kappa shape index (κ2) is 8.22. The average Bonchev–Trinajstić information content (AvgIpc) is 2.60. The van der Waals surface area contributed by atoms with Crippen LogP contribution in [0.15, 0.2) is 42.5 Å². The first-order valence-corrected chi connectivity index (χ1v) is 7.96. The lowest BCUT2D eigenvalue weighted by molar-refractivity contribution is 0.251. The van der Waals surface area contributed by atoms with Gasteiger partial charge in [0.15, 0.2) is 0 Å². The summed E-state index contributed by atoms with van der Waals surface area (Å²) in [5.41, 5.74) is 4.28. The number of methoxy groups -OCH3 is 1. The van der Waals surface area contributed by atoms with Gasteiger partial charge in [-0.1, -0.05) is 44.2 Å². The van der Waals surface area contributed by atoms with E-state index >= 15 is 0 Å². The van der Waals surface area contributed by atoms with Gasteiger partial charge < -0.3 is 15.4 Å². The van der Waals surface area contributed by atoms with Gasteiger partial charge in [0, 0.05) is 12.2 Å². The number of benzene rings is 2. The monoisotopic (exact) mass is 312 g/mol. The lowest BCUT2D eigenvalue weighted by Gasteiger charge is -2.15. The minimum absolute atomic E-state index is 0.184. The summed E-state index contributed by atoms with van der Waals surface area (Å²) < 4.78 is 5.13. The number of aryl methyl sites for hydroxylation is 2. The molecule has 0 unspecified atom stereocenters. The van der Waals surface area contributed by atoms with Crippen molar-refractivity contribution in [2.24, 2.45) is 0 Å². The van der Waals surface area contributed by atoms with Gasteiger partial charge in [-0.05, 0) is 41.7 Å². The Morgan fingerprint density at radius 3 is 2.13 bits per heavy atom. The van der Waals surface area contributed by atoms with Gasteiger partial charge in [-0.15, -0.1) is 0 Å². The fraction of sp³-hybridized carbons (Fsp3) is 0.316. The Hall–Kier alpha value is -2.49. The highest BCUT2D eigenvalue weighted by Crippen LogP contribution is 2.22. The van der Waals surface area contributed by atoms with Crippen molar-refractivity contribution in [1.29, 1.82) is 0 Å². The number of anilines is 1. The summed E-state index contributed by atoms with van der Waals surface area (Å²) in [7, 11) is 1.64. The number of nitrogens with one attached hydrogen (secondary N) is 2. The SMILES string of the molecule is CCc1cccc(CC)c1NC(=O)NCc1ccc(OC)cc1. The molecular formula is C19H24N2O2. The quantitative estimate of drug-likeness (QED) is 0.842. The van der Waals surface area contributed by atoms with E-state index < -0.39 is 0 Å². The summed E-state index contributed by atoms with van der Waals surface area (Å²) in [4.78, 5) is 12.2. The summed E-state index contributed by atoms with van der Waals surface area (Å²) >= 11 is 0. The molecule has 0 aromatic heterocycles. The molecule has 0 aliphatic rings. The first-order valence-electron chi connectivity index (χ1n) is 7.96. The van der Waals surface area contributed by atoms with Gasteiger partial charge in [0.2, 0.25) is 0 Å². The molecule has 0 bridgehead atoms. The van der Waals surface area contributed by atoms with Crippen molar-refractivity contribution in [3.63, 3.8) is 0 Å². The van der Waals surface area contributed by atoms with E-state index in [1.165, 1.54) is 0 Å². The molecule has 2 aromatic rings. The number of hydrogen-bond donors (Lipinski definition) is 2. The maximum absolute atomic E-state index is 12.2. The van der Waals surface area contributed by atoms with Crippen LogP contribution < -0.4 is 15.4 Å². The van der Waals surface area contributed by atoms with Gasteiger partial charge >= 0.3 is 6.03 Å². The summed E-state index contributed by atoms with van der Waals surface area (Å²) in [6.07, 6.45) is 1.78. The topological polar surface area (TPSA) is 50.4 Å². The van der Waals surface area contributed by atoms with Crippen molar-refractivity contribution in [1.82, 2.24) is 5.32 Å². The van der Waals surface area contributed by atoms with E-state index in [-0.39, 0.29) is 6.03 Å². The molecule has 2 rings (SSSR count). The van der Waals surface area contributed by atoms with Gasteiger partial charge in [0.25, 0.3) is 0 Å². The van der Waals surface area contributed by atoms with Crippen LogP contribution in [-0.2, 0) is 19.4 Å². The van der Waals surface area contributed by atoms with Gasteiger partial charge in [-0.25, -0.2) is 4.79 Å². The highest BCUT2D eigenvalue weighted by atomic mass is 16.5. The molecule has 0 spiro atoms. The van der Waals surface area contributed by atoms with Crippen molar-refractivity contribution in [3.8, 4) is 5.75 Å². The minimum atomic E-state index is -0.184. The Balaban J connectivity index is 1.99. The largest absolute Gasteiger partial charge is 0.497 e. The third-order valence-corrected chi connectivity index (χ3v) is 3.85. The Morgan fingerprint density at radius 2 is 1.61 bits per heavy atom. The fourth-order valence-electron chi connectivity index (χ4n) is 2.49. The van der Waals surface area contributed by atoms with Gasteiger partial charge in [0.05, 0.1) is 7.11 Å². The molecule has 0 radical (unpaired) electrons. The predicted octanol–water partition coefficient (Wildman–Crippen LogP) is 4.14. The van der Waals surface area contributed by atoms with Crippen molar-refractivity contribution < 1.29 is 9.53 Å². The smallest absolute Gasteiger partial charge is 0.319 e. The molecule has 2 aromatic carbocycles. The number of ether oxygens (including phenoxy) is 1. The van der Waals surface area contributed by atoms with Crippen LogP contribution in [0.1, 0.15) is 30.5 Å². The summed E-state index contributed by atoms with van der Waals surface area (Å²) in [5, 5.41) is 5.90. The maximum atomic E-state index is 12.2. The number of carbonyl (C=O) groups excluding carboxylic acids is 1. The van der Waals surface area contributed by atoms with Crippen molar-refractivity contribution in [2.45, 2.75) is 33.2 Å². The van der Waals surface area contributed by atoms with E-state index in [1.54, 1.807) is 7.11 Å². The molecule has 2 amide bonds. The van der Waals surface area contributed by atoms with E-state index in [2.05, 4.69) is 36.6 Å². The number of carbonyl (C=O) groups is 1. The van der Waals surface area contributed by atoms with Crippen LogP contribution in [0.25, 0.3) is 0 Å². The zero-order valence-corrected chi connectivity index (χ0v) is 14.0. The van der Waals surface area contributed by atoms with Crippen LogP contribution in [0.5, 0.6) is 5.75 Å². The molecule has 23 heavy (non-hydrogen) atoms. The molecule has 122 valence electrons. The second-order valence-electron chi connectivity index (χ2n) is 5.31. The first-order chi connectivity index (χ1) is 11.2. The minimum Gasteiger partial charge on any atom is -0.497 e. The lowest BCUT2D eigenvalue weighted by atomic mass is 10.0. The predicted molar refractivity (Wildman–Crippen MR) is 94.1 cm³/mol. The van der Waals surface area contributed by atoms with Crippen LogP contribution in [0, 0.1) is 0 Å². The standard InChI is InChI=1S/C19H24N2O2/c1-4-15-7-6-8-16(5-2)18(15)21-19(22)20-13-14-9-11-17(23-3)12-10-14/h6-12H,4-5,13H2,1-3H3,(H2,20,21,22). The van der Waals surface area contributed by atoms with Gasteiger partial charge in [-0.2, -0.15) is 0 Å². The second-order valence-corrected chi connectivity index (χ2v) is 5.31. The normalized spacial score (nSPS) is 10.2. The third kappa shape index (κ3) is 4.49. The van der Waals surface area contributed by atoms with E-state index in [0.717, 1.165) is 41.0 Å². The Bertz CT molecular complexity index is 629. The van der Waals surface area contributed by atoms with Crippen LogP contribution in [0.4, 0.5) is 10.5 Å². The zero-order chi connectivity index (χ0) is 16.7. The maximum Gasteiger partial charge on any atom is 0.319 e. The Morgan fingerprint density at radius 1 is 1.00 bits per heavy atom. The Labute approximate surface area is 137 Å². The number of urea groups is 1. The molecule has 0 aliphatic heterocycles. The molecule has 2 N–H and O–H groups in total. The zero-order valence-electron chi connectivity index (χ0n) is 14.0. The van der Waals surface area contributed by atoms with Crippen LogP contribution in [0.3, 0.4) is 0 Å². The molecule has 4 heteroatoms. The van der Waals surface area contributed by atoms with E-state index in [4.69, 9.17) is 4.74 Å². The molecule has 0 saturated carbocycles. The van der Waals surface area contributed by atoms with E-state index in [1.807, 2.05) is 30.3 Å². The van der Waals surface area contributed by atoms with Crippen LogP contribution in [-0.4, -0.2) is 13.1 Å². The number of amides is 2. The number of hydrogen-bond acceptors (Lipinski definition) is 2.